The van der Waals surface area contributed by atoms with Crippen molar-refractivity contribution in [1.29, 1.82) is 5.26 Å². The average Bonchev–Trinajstić information content (AvgIpc) is 1.99. The summed E-state index contributed by atoms with van der Waals surface area (Å²) in [5.74, 6) is 12.1. The molecule has 0 aliphatic rings. The molecule has 0 heterocycles. The summed E-state index contributed by atoms with van der Waals surface area (Å²) in [6.45, 7) is 3.44. The molecule has 0 saturated carbocycles. The Morgan fingerprint density at radius 2 is 1.82 bits per heavy atom. The Balaban J connectivity index is 4.36. The van der Waals surface area contributed by atoms with E-state index in [1.54, 1.807) is 13.8 Å². The van der Waals surface area contributed by atoms with Crippen LogP contribution in [0.25, 0.3) is 0 Å². The second kappa shape index (κ2) is 4.06. The number of nitriles is 1. The minimum Gasteiger partial charge on any atom is -0.197 e. The molecule has 0 aliphatic heterocycles. The first-order valence-electron chi connectivity index (χ1n) is 3.01. The smallest absolute Gasteiger partial charge is 0.113 e. The fraction of sp³-hybridized carbons (Fsp3) is 0.300. The van der Waals surface area contributed by atoms with E-state index in [4.69, 9.17) is 11.7 Å². The fourth-order valence-corrected chi connectivity index (χ4v) is 0.283. The van der Waals surface area contributed by atoms with Gasteiger partial charge in [0.15, 0.2) is 0 Å². The van der Waals surface area contributed by atoms with Gasteiger partial charge in [-0.2, -0.15) is 5.26 Å². The molecule has 0 atom stereocenters. The molecule has 0 aromatic carbocycles. The number of hydrogen-bond acceptors (Lipinski definition) is 1. The van der Waals surface area contributed by atoms with Crippen molar-refractivity contribution in [1.82, 2.24) is 0 Å². The zero-order chi connectivity index (χ0) is 8.74. The fourth-order valence-electron chi connectivity index (χ4n) is 0.283. The van der Waals surface area contributed by atoms with Gasteiger partial charge in [-0.05, 0) is 37.5 Å². The summed E-state index contributed by atoms with van der Waals surface area (Å²) in [5.41, 5.74) is -0.636. The maximum atomic E-state index is 8.51. The molecule has 0 spiro atoms. The van der Waals surface area contributed by atoms with Crippen LogP contribution in [0.1, 0.15) is 13.8 Å². The van der Waals surface area contributed by atoms with Crippen LogP contribution in [0, 0.1) is 52.8 Å². The third-order valence-electron chi connectivity index (χ3n) is 0.852. The van der Waals surface area contributed by atoms with Crippen LogP contribution >= 0.6 is 0 Å². The van der Waals surface area contributed by atoms with Crippen LogP contribution < -0.4 is 0 Å². The van der Waals surface area contributed by atoms with Gasteiger partial charge in [0.1, 0.15) is 5.41 Å². The van der Waals surface area contributed by atoms with Crippen LogP contribution in [-0.4, -0.2) is 0 Å². The first-order valence-corrected chi connectivity index (χ1v) is 3.01. The van der Waals surface area contributed by atoms with E-state index in [0.29, 0.717) is 0 Å². The summed E-state index contributed by atoms with van der Waals surface area (Å²) in [6.07, 6.45) is 4.85. The number of rotatable bonds is 0. The van der Waals surface area contributed by atoms with Crippen molar-refractivity contribution in [3.63, 3.8) is 0 Å². The Morgan fingerprint density at radius 1 is 1.18 bits per heavy atom. The van der Waals surface area contributed by atoms with Gasteiger partial charge in [-0.25, -0.2) is 0 Å². The monoisotopic (exact) mass is 141 g/mol. The summed E-state index contributed by atoms with van der Waals surface area (Å²) < 4.78 is 0. The lowest BCUT2D eigenvalue weighted by atomic mass is 9.97. The number of terminal acetylenes is 1. The van der Waals surface area contributed by atoms with Crippen LogP contribution in [0.2, 0.25) is 0 Å². The normalized spacial score (nSPS) is 7.27. The summed E-state index contributed by atoms with van der Waals surface area (Å²) in [6, 6.07) is 2.03. The Hall–Kier alpha value is -1.83. The molecule has 0 unspecified atom stereocenters. The van der Waals surface area contributed by atoms with Crippen molar-refractivity contribution >= 4 is 0 Å². The Kier molecular flexibility index (Phi) is 3.39. The maximum Gasteiger partial charge on any atom is 0.113 e. The Morgan fingerprint density at radius 3 is 2.27 bits per heavy atom. The van der Waals surface area contributed by atoms with Crippen LogP contribution in [-0.2, 0) is 0 Å². The highest BCUT2D eigenvalue weighted by atomic mass is 14.3. The number of hydrogen-bond donors (Lipinski definition) is 0. The molecule has 0 N–H and O–H groups in total. The van der Waals surface area contributed by atoms with Crippen LogP contribution in [0.15, 0.2) is 0 Å². The maximum absolute atomic E-state index is 8.51. The molecule has 0 amide bonds. The summed E-state index contributed by atoms with van der Waals surface area (Å²) in [7, 11) is 0. The Labute approximate surface area is 67.4 Å². The topological polar surface area (TPSA) is 23.8 Å². The lowest BCUT2D eigenvalue weighted by Crippen LogP contribution is -2.02. The molecule has 0 fully saturated rings. The predicted molar refractivity (Wildman–Crippen MR) is 43.8 cm³/mol. The minimum absolute atomic E-state index is 0.636. The molecule has 0 aliphatic carbocycles. The second-order valence-corrected chi connectivity index (χ2v) is 2.38. The lowest BCUT2D eigenvalue weighted by molar-refractivity contribution is 0.674. The highest BCUT2D eigenvalue weighted by Gasteiger charge is 2.10. The van der Waals surface area contributed by atoms with E-state index in [1.165, 1.54) is 0 Å². The highest BCUT2D eigenvalue weighted by Crippen LogP contribution is 2.09. The van der Waals surface area contributed by atoms with Gasteiger partial charge >= 0.3 is 0 Å². The molecule has 1 nitrogen and oxygen atoms in total. The predicted octanol–water partition coefficient (Wildman–Crippen LogP) is 1.18. The Bertz CT molecular complexity index is 326. The molecule has 52 valence electrons. The standard InChI is InChI=1S/C10H7N/c1-4-5-6-7-8-10(2,3)9-11/h1H,2-3H3. The first kappa shape index (κ1) is 9.17. The zero-order valence-electron chi connectivity index (χ0n) is 6.52. The molecule has 0 aromatic rings. The van der Waals surface area contributed by atoms with Crippen molar-refractivity contribution in [2.75, 3.05) is 0 Å². The van der Waals surface area contributed by atoms with E-state index in [1.807, 2.05) is 6.07 Å². The van der Waals surface area contributed by atoms with Crippen molar-refractivity contribution in [3.05, 3.63) is 0 Å². The molecule has 1 heteroatoms. The van der Waals surface area contributed by atoms with Gasteiger partial charge in [0, 0.05) is 0 Å². The minimum atomic E-state index is -0.636. The van der Waals surface area contributed by atoms with Crippen molar-refractivity contribution in [2.45, 2.75) is 13.8 Å². The molecule has 11 heavy (non-hydrogen) atoms. The van der Waals surface area contributed by atoms with Gasteiger partial charge in [-0.3, -0.25) is 0 Å². The van der Waals surface area contributed by atoms with E-state index in [2.05, 4.69) is 29.6 Å². The van der Waals surface area contributed by atoms with Crippen LogP contribution in [0.5, 0.6) is 0 Å². The summed E-state index contributed by atoms with van der Waals surface area (Å²) >= 11 is 0. The molecular weight excluding hydrogens is 134 g/mol. The highest BCUT2D eigenvalue weighted by molar-refractivity contribution is 5.36. The molecule has 0 rings (SSSR count). The van der Waals surface area contributed by atoms with Gasteiger partial charge in [-0.1, -0.05) is 5.92 Å². The van der Waals surface area contributed by atoms with Crippen LogP contribution in [0.4, 0.5) is 0 Å². The van der Waals surface area contributed by atoms with Gasteiger partial charge in [0.2, 0.25) is 0 Å². The molecule has 0 bridgehead atoms. The van der Waals surface area contributed by atoms with E-state index >= 15 is 0 Å². The average molecular weight is 141 g/mol. The van der Waals surface area contributed by atoms with Gasteiger partial charge in [0.05, 0.1) is 6.07 Å². The third-order valence-corrected chi connectivity index (χ3v) is 0.852. The number of nitrogens with zero attached hydrogens (tertiary/aromatic N) is 1. The van der Waals surface area contributed by atoms with Gasteiger partial charge in [-0.15, -0.1) is 6.42 Å². The largest absolute Gasteiger partial charge is 0.197 e. The van der Waals surface area contributed by atoms with Crippen molar-refractivity contribution in [3.8, 4) is 42.1 Å². The SMILES string of the molecule is C#CC#CC#CC(C)(C)C#N. The van der Waals surface area contributed by atoms with E-state index in [-0.39, 0.29) is 0 Å². The quantitative estimate of drug-likeness (QED) is 0.465. The van der Waals surface area contributed by atoms with Gasteiger partial charge < -0.3 is 0 Å². The van der Waals surface area contributed by atoms with Crippen LogP contribution in [0.3, 0.4) is 0 Å². The molecular formula is C10H7N. The van der Waals surface area contributed by atoms with E-state index < -0.39 is 5.41 Å². The summed E-state index contributed by atoms with van der Waals surface area (Å²) in [5, 5.41) is 8.51. The van der Waals surface area contributed by atoms with E-state index in [0.717, 1.165) is 0 Å². The van der Waals surface area contributed by atoms with Crippen molar-refractivity contribution in [2.24, 2.45) is 5.41 Å². The van der Waals surface area contributed by atoms with Gasteiger partial charge in [0.25, 0.3) is 0 Å². The molecule has 0 aromatic heterocycles. The summed E-state index contributed by atoms with van der Waals surface area (Å²) in [4.78, 5) is 0. The second-order valence-electron chi connectivity index (χ2n) is 2.38. The zero-order valence-corrected chi connectivity index (χ0v) is 6.52. The third kappa shape index (κ3) is 4.66. The van der Waals surface area contributed by atoms with Crippen molar-refractivity contribution < 1.29 is 0 Å². The molecule has 0 saturated heterocycles. The van der Waals surface area contributed by atoms with E-state index in [9.17, 15) is 0 Å². The first-order chi connectivity index (χ1) is 5.12. The lowest BCUT2D eigenvalue weighted by Gasteiger charge is -2.01. The molecule has 0 radical (unpaired) electrons.